The van der Waals surface area contributed by atoms with E-state index in [1.54, 1.807) is 24.3 Å². The molecule has 1 rings (SSSR count). The van der Waals surface area contributed by atoms with E-state index in [0.717, 1.165) is 12.8 Å². The molecule has 7 nitrogen and oxygen atoms in total. The zero-order valence-corrected chi connectivity index (χ0v) is 16.6. The maximum atomic E-state index is 12.2. The van der Waals surface area contributed by atoms with Gasteiger partial charge in [0, 0.05) is 12.5 Å². The summed E-state index contributed by atoms with van der Waals surface area (Å²) in [6.45, 7) is 7.78. The highest BCUT2D eigenvalue weighted by atomic mass is 16.5. The van der Waals surface area contributed by atoms with Gasteiger partial charge in [-0.25, -0.2) is 0 Å². The molecule has 0 saturated carbocycles. The van der Waals surface area contributed by atoms with Gasteiger partial charge in [-0.1, -0.05) is 40.0 Å². The van der Waals surface area contributed by atoms with Gasteiger partial charge in [-0.2, -0.15) is 0 Å². The molecule has 1 aromatic rings. The van der Waals surface area contributed by atoms with E-state index < -0.39 is 17.9 Å². The van der Waals surface area contributed by atoms with Crippen molar-refractivity contribution in [1.82, 2.24) is 16.2 Å². The summed E-state index contributed by atoms with van der Waals surface area (Å²) < 4.78 is 5.64. The second-order valence-electron chi connectivity index (χ2n) is 6.80. The standard InChI is InChI=1S/C20H31N3O4/c1-5-6-7-8-13-27-17-11-9-16(10-12-17)19(25)22-23-20(26)18(14(2)3)21-15(4)24/h9-12,14,18H,5-8,13H2,1-4H3,(H,21,24)(H,22,25)(H,23,26). The van der Waals surface area contributed by atoms with Gasteiger partial charge in [0.05, 0.1) is 6.61 Å². The molecule has 27 heavy (non-hydrogen) atoms. The Balaban J connectivity index is 2.47. The maximum absolute atomic E-state index is 12.2. The van der Waals surface area contributed by atoms with E-state index in [2.05, 4.69) is 23.1 Å². The van der Waals surface area contributed by atoms with Gasteiger partial charge in [-0.15, -0.1) is 0 Å². The number of hydrogen-bond acceptors (Lipinski definition) is 4. The lowest BCUT2D eigenvalue weighted by Gasteiger charge is -2.21. The van der Waals surface area contributed by atoms with Crippen molar-refractivity contribution in [3.63, 3.8) is 0 Å². The molecule has 150 valence electrons. The van der Waals surface area contributed by atoms with Crippen LogP contribution in [-0.2, 0) is 9.59 Å². The zero-order valence-electron chi connectivity index (χ0n) is 16.6. The molecule has 0 fully saturated rings. The van der Waals surface area contributed by atoms with E-state index >= 15 is 0 Å². The molecular formula is C20H31N3O4. The number of benzene rings is 1. The summed E-state index contributed by atoms with van der Waals surface area (Å²) in [5.74, 6) is -0.624. The smallest absolute Gasteiger partial charge is 0.269 e. The number of rotatable bonds is 10. The van der Waals surface area contributed by atoms with Crippen molar-refractivity contribution in [2.45, 2.75) is 59.4 Å². The van der Waals surface area contributed by atoms with Crippen molar-refractivity contribution in [2.75, 3.05) is 6.61 Å². The van der Waals surface area contributed by atoms with E-state index in [-0.39, 0.29) is 11.8 Å². The molecule has 1 aromatic carbocycles. The average molecular weight is 377 g/mol. The second-order valence-corrected chi connectivity index (χ2v) is 6.80. The highest BCUT2D eigenvalue weighted by Gasteiger charge is 2.23. The summed E-state index contributed by atoms with van der Waals surface area (Å²) >= 11 is 0. The molecule has 1 atom stereocenters. The van der Waals surface area contributed by atoms with Gasteiger partial charge in [0.1, 0.15) is 11.8 Å². The molecule has 3 N–H and O–H groups in total. The normalized spacial score (nSPS) is 11.6. The van der Waals surface area contributed by atoms with E-state index in [1.807, 2.05) is 13.8 Å². The number of unbranched alkanes of at least 4 members (excludes halogenated alkanes) is 3. The molecule has 0 spiro atoms. The zero-order chi connectivity index (χ0) is 20.2. The third kappa shape index (κ3) is 8.57. The van der Waals surface area contributed by atoms with Crippen LogP contribution in [0.1, 0.15) is 63.7 Å². The molecular weight excluding hydrogens is 346 g/mol. The molecule has 7 heteroatoms. The summed E-state index contributed by atoms with van der Waals surface area (Å²) in [7, 11) is 0. The van der Waals surface area contributed by atoms with Crippen molar-refractivity contribution in [3.8, 4) is 5.75 Å². The first-order chi connectivity index (χ1) is 12.8. The first-order valence-corrected chi connectivity index (χ1v) is 9.45. The minimum Gasteiger partial charge on any atom is -0.494 e. The third-order valence-corrected chi connectivity index (χ3v) is 3.99. The first-order valence-electron chi connectivity index (χ1n) is 9.45. The molecule has 1 unspecified atom stereocenters. The van der Waals surface area contributed by atoms with Crippen LogP contribution in [0.15, 0.2) is 24.3 Å². The summed E-state index contributed by atoms with van der Waals surface area (Å²) in [4.78, 5) is 35.5. The van der Waals surface area contributed by atoms with Crippen LogP contribution < -0.4 is 20.9 Å². The van der Waals surface area contributed by atoms with Crippen LogP contribution in [0.3, 0.4) is 0 Å². The van der Waals surface area contributed by atoms with E-state index in [1.165, 1.54) is 19.8 Å². The number of amides is 3. The fourth-order valence-corrected chi connectivity index (χ4v) is 2.44. The summed E-state index contributed by atoms with van der Waals surface area (Å²) in [6, 6.07) is 6.01. The van der Waals surface area contributed by atoms with E-state index in [4.69, 9.17) is 4.74 Å². The minimum atomic E-state index is -0.716. The van der Waals surface area contributed by atoms with Crippen LogP contribution in [0.2, 0.25) is 0 Å². The average Bonchev–Trinajstić information content (AvgIpc) is 2.64. The number of ether oxygens (including phenoxy) is 1. The molecule has 0 bridgehead atoms. The van der Waals surface area contributed by atoms with Crippen molar-refractivity contribution in [2.24, 2.45) is 5.92 Å². The molecule has 0 heterocycles. The highest BCUT2D eigenvalue weighted by Crippen LogP contribution is 2.13. The molecule has 3 amide bonds. The largest absolute Gasteiger partial charge is 0.494 e. The van der Waals surface area contributed by atoms with Gasteiger partial charge in [0.15, 0.2) is 0 Å². The number of carbonyl (C=O) groups excluding carboxylic acids is 3. The molecule has 0 aliphatic rings. The number of hydrazine groups is 1. The number of nitrogens with one attached hydrogen (secondary N) is 3. The highest BCUT2D eigenvalue weighted by molar-refractivity contribution is 5.96. The van der Waals surface area contributed by atoms with Crippen molar-refractivity contribution in [3.05, 3.63) is 29.8 Å². The van der Waals surface area contributed by atoms with Gasteiger partial charge in [0.25, 0.3) is 11.8 Å². The molecule has 0 aromatic heterocycles. The van der Waals surface area contributed by atoms with Crippen LogP contribution in [0.25, 0.3) is 0 Å². The van der Waals surface area contributed by atoms with E-state index in [9.17, 15) is 14.4 Å². The summed E-state index contributed by atoms with van der Waals surface area (Å²) in [5.41, 5.74) is 5.11. The third-order valence-electron chi connectivity index (χ3n) is 3.99. The Kier molecular flexibility index (Phi) is 9.93. The van der Waals surface area contributed by atoms with Crippen LogP contribution >= 0.6 is 0 Å². The Hall–Kier alpha value is -2.57. The van der Waals surface area contributed by atoms with Gasteiger partial charge < -0.3 is 10.1 Å². The maximum Gasteiger partial charge on any atom is 0.269 e. The van der Waals surface area contributed by atoms with E-state index in [0.29, 0.717) is 17.9 Å². The predicted molar refractivity (Wildman–Crippen MR) is 104 cm³/mol. The lowest BCUT2D eigenvalue weighted by molar-refractivity contribution is -0.129. The molecule has 0 aliphatic heterocycles. The fourth-order valence-electron chi connectivity index (χ4n) is 2.44. The van der Waals surface area contributed by atoms with Crippen molar-refractivity contribution in [1.29, 1.82) is 0 Å². The monoisotopic (exact) mass is 377 g/mol. The Labute approximate surface area is 161 Å². The van der Waals surface area contributed by atoms with Gasteiger partial charge in [-0.05, 0) is 36.6 Å². The Bertz CT molecular complexity index is 614. The van der Waals surface area contributed by atoms with Crippen LogP contribution in [0.5, 0.6) is 5.75 Å². The predicted octanol–water partition coefficient (Wildman–Crippen LogP) is 2.57. The SMILES string of the molecule is CCCCCCOc1ccc(C(=O)NNC(=O)C(NC(C)=O)C(C)C)cc1. The van der Waals surface area contributed by atoms with Crippen molar-refractivity contribution >= 4 is 17.7 Å². The minimum absolute atomic E-state index is 0.112. The summed E-state index contributed by atoms with van der Waals surface area (Å²) in [5, 5.41) is 2.56. The second kappa shape index (κ2) is 11.9. The van der Waals surface area contributed by atoms with Gasteiger partial charge in [-0.3, -0.25) is 25.2 Å². The van der Waals surface area contributed by atoms with Crippen molar-refractivity contribution < 1.29 is 19.1 Å². The van der Waals surface area contributed by atoms with Crippen LogP contribution in [0.4, 0.5) is 0 Å². The number of carbonyl (C=O) groups is 3. The summed E-state index contributed by atoms with van der Waals surface area (Å²) in [6.07, 6.45) is 4.54. The molecule has 0 saturated heterocycles. The lowest BCUT2D eigenvalue weighted by atomic mass is 10.0. The van der Waals surface area contributed by atoms with Crippen LogP contribution in [-0.4, -0.2) is 30.4 Å². The topological polar surface area (TPSA) is 96.5 Å². The van der Waals surface area contributed by atoms with Gasteiger partial charge in [0.2, 0.25) is 5.91 Å². The Morgan fingerprint density at radius 3 is 2.22 bits per heavy atom. The Morgan fingerprint density at radius 1 is 1.00 bits per heavy atom. The first kappa shape index (κ1) is 22.5. The fraction of sp³-hybridized carbons (Fsp3) is 0.550. The molecule has 0 radical (unpaired) electrons. The lowest BCUT2D eigenvalue weighted by Crippen LogP contribution is -2.54. The van der Waals surface area contributed by atoms with Crippen LogP contribution in [0, 0.1) is 5.92 Å². The molecule has 0 aliphatic carbocycles. The Morgan fingerprint density at radius 2 is 1.67 bits per heavy atom. The quantitative estimate of drug-likeness (QED) is 0.431. The van der Waals surface area contributed by atoms with Gasteiger partial charge >= 0.3 is 0 Å². The number of hydrogen-bond donors (Lipinski definition) is 3.